The molecule has 45 heavy (non-hydrogen) atoms. The number of hydroxylamine groups is 1. The minimum Gasteiger partial charge on any atom is -0.494 e. The summed E-state index contributed by atoms with van der Waals surface area (Å²) in [6.07, 6.45) is 7.27. The van der Waals surface area contributed by atoms with Gasteiger partial charge in [-0.05, 0) is 49.1 Å². The predicted octanol–water partition coefficient (Wildman–Crippen LogP) is 5.33. The fraction of sp³-hybridized carbons (Fsp3) is 0.424. The van der Waals surface area contributed by atoms with Gasteiger partial charge in [0.1, 0.15) is 17.9 Å². The van der Waals surface area contributed by atoms with Crippen LogP contribution < -0.4 is 25.3 Å². The van der Waals surface area contributed by atoms with Crippen molar-refractivity contribution in [2.45, 2.75) is 49.9 Å². The fourth-order valence-corrected chi connectivity index (χ4v) is 7.18. The fourth-order valence-electron chi connectivity index (χ4n) is 7.05. The molecule has 5 heterocycles. The molecule has 0 spiro atoms. The summed E-state index contributed by atoms with van der Waals surface area (Å²) in [6, 6.07) is 14.6. The highest BCUT2D eigenvalue weighted by Gasteiger charge is 2.42. The van der Waals surface area contributed by atoms with Crippen molar-refractivity contribution < 1.29 is 19.1 Å². The third kappa shape index (κ3) is 6.17. The van der Waals surface area contributed by atoms with Crippen molar-refractivity contribution in [3.05, 3.63) is 72.0 Å². The number of amides is 1. The Bertz CT molecular complexity index is 1550. The first kappa shape index (κ1) is 29.8. The van der Waals surface area contributed by atoms with E-state index < -0.39 is 0 Å². The third-order valence-electron chi connectivity index (χ3n) is 9.28. The maximum absolute atomic E-state index is 12.5. The first-order valence-electron chi connectivity index (χ1n) is 15.5. The van der Waals surface area contributed by atoms with Crippen LogP contribution in [0, 0.1) is 0 Å². The van der Waals surface area contributed by atoms with Gasteiger partial charge in [-0.3, -0.25) is 14.5 Å². The van der Waals surface area contributed by atoms with Crippen molar-refractivity contribution in [2.24, 2.45) is 0 Å². The lowest BCUT2D eigenvalue weighted by atomic mass is 10.0. The highest BCUT2D eigenvalue weighted by molar-refractivity contribution is 6.30. The number of nitrogens with zero attached hydrogens (tertiary/aromatic N) is 5. The van der Waals surface area contributed by atoms with Gasteiger partial charge in [-0.1, -0.05) is 30.3 Å². The number of anilines is 5. The van der Waals surface area contributed by atoms with E-state index in [-0.39, 0.29) is 11.9 Å². The third-order valence-corrected chi connectivity index (χ3v) is 9.53. The molecule has 0 aliphatic carbocycles. The molecule has 2 aromatic carbocycles. The van der Waals surface area contributed by atoms with Gasteiger partial charge in [0.2, 0.25) is 5.91 Å². The van der Waals surface area contributed by atoms with Gasteiger partial charge in [-0.2, -0.15) is 0 Å². The van der Waals surface area contributed by atoms with Gasteiger partial charge in [0.15, 0.2) is 5.82 Å². The number of hydrogen-bond acceptors (Lipinski definition) is 10. The predicted molar refractivity (Wildman–Crippen MR) is 174 cm³/mol. The number of piperidine rings is 1. The number of morpholine rings is 1. The molecular formula is C33H38ClN7O4. The maximum atomic E-state index is 12.5. The monoisotopic (exact) mass is 631 g/mol. The molecule has 2 bridgehead atoms. The highest BCUT2D eigenvalue weighted by Crippen LogP contribution is 2.41. The van der Waals surface area contributed by atoms with E-state index >= 15 is 0 Å². The second kappa shape index (κ2) is 12.8. The van der Waals surface area contributed by atoms with Gasteiger partial charge >= 0.3 is 0 Å². The van der Waals surface area contributed by atoms with Crippen molar-refractivity contribution in [3.63, 3.8) is 0 Å². The Morgan fingerprint density at radius 2 is 1.91 bits per heavy atom. The molecule has 1 aromatic heterocycles. The Balaban J connectivity index is 1.11. The Labute approximate surface area is 268 Å². The molecule has 0 saturated carbocycles. The lowest BCUT2D eigenvalue weighted by molar-refractivity contribution is -0.111. The van der Waals surface area contributed by atoms with E-state index in [0.29, 0.717) is 58.6 Å². The topological polar surface area (TPSA) is 104 Å². The number of carbonyl (C=O) groups excluding carboxylic acids is 1. The number of aromatic nitrogens is 2. The van der Waals surface area contributed by atoms with E-state index in [4.69, 9.17) is 25.9 Å². The van der Waals surface area contributed by atoms with Crippen LogP contribution in [0.5, 0.6) is 5.75 Å². The minimum absolute atomic E-state index is 0.00218. The van der Waals surface area contributed by atoms with Gasteiger partial charge in [-0.15, -0.1) is 0 Å². The molecule has 236 valence electrons. The summed E-state index contributed by atoms with van der Waals surface area (Å²) in [5.41, 5.74) is 3.34. The number of ether oxygens (including phenoxy) is 2. The minimum atomic E-state index is -0.279. The summed E-state index contributed by atoms with van der Waals surface area (Å²) in [6.45, 7) is 7.89. The van der Waals surface area contributed by atoms with Crippen molar-refractivity contribution in [3.8, 4) is 5.75 Å². The van der Waals surface area contributed by atoms with Gasteiger partial charge in [0.05, 0.1) is 49.5 Å². The van der Waals surface area contributed by atoms with Crippen LogP contribution in [0.25, 0.3) is 0 Å². The van der Waals surface area contributed by atoms with E-state index in [1.807, 2.05) is 47.5 Å². The first-order valence-corrected chi connectivity index (χ1v) is 15.9. The van der Waals surface area contributed by atoms with Crippen LogP contribution in [0.3, 0.4) is 0 Å². The zero-order valence-corrected chi connectivity index (χ0v) is 26.1. The number of likely N-dealkylation sites (tertiary alicyclic amines) is 1. The lowest BCUT2D eigenvalue weighted by Crippen LogP contribution is -2.49. The van der Waals surface area contributed by atoms with Crippen LogP contribution in [0.2, 0.25) is 5.02 Å². The summed E-state index contributed by atoms with van der Waals surface area (Å²) in [5, 5.41) is 8.90. The quantitative estimate of drug-likeness (QED) is 0.301. The number of nitrogens with one attached hydrogen (secondary N) is 2. The van der Waals surface area contributed by atoms with Crippen LogP contribution >= 0.6 is 11.6 Å². The molecule has 7 rings (SSSR count). The molecule has 2 N–H and O–H groups in total. The number of methoxy groups -OCH3 is 1. The largest absolute Gasteiger partial charge is 0.494 e. The molecule has 4 aliphatic rings. The number of carbonyl (C=O) groups is 1. The summed E-state index contributed by atoms with van der Waals surface area (Å²) in [5.74, 6) is 1.54. The number of fused-ring (bicyclic) bond motifs is 2. The lowest BCUT2D eigenvalue weighted by Gasteiger charge is -2.41. The first-order chi connectivity index (χ1) is 22.0. The van der Waals surface area contributed by atoms with Gasteiger partial charge < -0.3 is 25.0 Å². The normalized spacial score (nSPS) is 23.4. The smallest absolute Gasteiger partial charge is 0.247 e. The zero-order valence-electron chi connectivity index (χ0n) is 25.3. The van der Waals surface area contributed by atoms with E-state index in [9.17, 15) is 4.79 Å². The zero-order chi connectivity index (χ0) is 30.9. The van der Waals surface area contributed by atoms with Crippen molar-refractivity contribution in [2.75, 3.05) is 60.6 Å². The standard InChI is InChI=1S/C33H38ClN7O4/c1-3-33(42)38-26-15-27(30(43-2)16-29(26)39-11-8-23(9-12-39)40-18-25-14-24(40)19-44-25)37-31-17-32(36-20-35-31)41-28(10-13-45-41)21-4-6-22(34)7-5-21/h3-7,15-17,20,23-25,28H,1,8-14,18-19H2,2H3,(H,38,42)(H,35,36,37)/t24-,25-,28+/m0/s1. The number of rotatable bonds is 9. The van der Waals surface area contributed by atoms with Crippen molar-refractivity contribution in [1.82, 2.24) is 14.9 Å². The van der Waals surface area contributed by atoms with Crippen LogP contribution in [0.1, 0.15) is 37.3 Å². The van der Waals surface area contributed by atoms with Crippen molar-refractivity contribution in [1.29, 1.82) is 0 Å². The Morgan fingerprint density at radius 1 is 1.09 bits per heavy atom. The Morgan fingerprint density at radius 3 is 2.62 bits per heavy atom. The average molecular weight is 632 g/mol. The molecule has 4 fully saturated rings. The molecule has 12 heteroatoms. The average Bonchev–Trinajstić information content (AvgIpc) is 3.84. The van der Waals surface area contributed by atoms with Gasteiger partial charge in [0.25, 0.3) is 0 Å². The van der Waals surface area contributed by atoms with E-state index in [1.54, 1.807) is 7.11 Å². The Kier molecular flexibility index (Phi) is 8.50. The number of benzene rings is 2. The van der Waals surface area contributed by atoms with E-state index in [0.717, 1.165) is 63.2 Å². The SMILES string of the molecule is C=CC(=O)Nc1cc(Nc2cc(N3OCC[C@@H]3c3ccc(Cl)cc3)ncn2)c(OC)cc1N1CCC(N2C[C@@H]3C[C@H]2CO3)CC1. The molecule has 11 nitrogen and oxygen atoms in total. The van der Waals surface area contributed by atoms with Crippen LogP contribution in [-0.4, -0.2) is 78.9 Å². The van der Waals surface area contributed by atoms with Crippen LogP contribution in [0.4, 0.5) is 28.7 Å². The molecule has 0 unspecified atom stereocenters. The number of hydrogen-bond donors (Lipinski definition) is 2. The maximum Gasteiger partial charge on any atom is 0.247 e. The summed E-state index contributed by atoms with van der Waals surface area (Å²) in [7, 11) is 1.64. The highest BCUT2D eigenvalue weighted by atomic mass is 35.5. The molecular weight excluding hydrogens is 594 g/mol. The summed E-state index contributed by atoms with van der Waals surface area (Å²) >= 11 is 6.12. The van der Waals surface area contributed by atoms with E-state index in [1.165, 1.54) is 12.4 Å². The summed E-state index contributed by atoms with van der Waals surface area (Å²) in [4.78, 5) is 32.5. The second-order valence-electron chi connectivity index (χ2n) is 11.9. The van der Waals surface area contributed by atoms with E-state index in [2.05, 4.69) is 37.0 Å². The summed E-state index contributed by atoms with van der Waals surface area (Å²) < 4.78 is 11.7. The molecule has 3 aromatic rings. The van der Waals surface area contributed by atoms with Gasteiger partial charge in [-0.25, -0.2) is 15.0 Å². The molecule has 3 atom stereocenters. The van der Waals surface area contributed by atoms with Crippen molar-refractivity contribution >= 4 is 46.2 Å². The molecule has 0 radical (unpaired) electrons. The molecule has 4 saturated heterocycles. The molecule has 1 amide bonds. The van der Waals surface area contributed by atoms with Gasteiger partial charge in [0, 0.05) is 55.3 Å². The second-order valence-corrected chi connectivity index (χ2v) is 12.4. The van der Waals surface area contributed by atoms with Crippen LogP contribution in [0.15, 0.2) is 61.4 Å². The Hall–Kier alpha value is -3.90. The molecule has 4 aliphatic heterocycles. The van der Waals surface area contributed by atoms with Crippen LogP contribution in [-0.2, 0) is 14.4 Å². The number of halogens is 1.